The maximum Gasteiger partial charge on any atom is 0.314 e. The number of carbonyl (C=O) groups is 2. The molecule has 4 nitrogen and oxygen atoms in total. The van der Waals surface area contributed by atoms with Gasteiger partial charge in [0.15, 0.2) is 0 Å². The van der Waals surface area contributed by atoms with Crippen molar-refractivity contribution in [1.82, 2.24) is 0 Å². The van der Waals surface area contributed by atoms with Crippen LogP contribution < -0.4 is 0 Å². The van der Waals surface area contributed by atoms with Crippen molar-refractivity contribution in [3.05, 3.63) is 0 Å². The zero-order valence-corrected chi connectivity index (χ0v) is 6.33. The van der Waals surface area contributed by atoms with Gasteiger partial charge in [-0.2, -0.15) is 0 Å². The summed E-state index contributed by atoms with van der Waals surface area (Å²) in [5.74, 6) is -2.62. The van der Waals surface area contributed by atoms with E-state index >= 15 is 0 Å². The molecule has 0 aromatic heterocycles. The summed E-state index contributed by atoms with van der Waals surface area (Å²) in [4.78, 5) is 18.9. The fraction of sp³-hybridized carbons (Fsp3) is 0.333. The minimum atomic E-state index is -1.31. The van der Waals surface area contributed by atoms with E-state index in [1.54, 1.807) is 0 Å². The van der Waals surface area contributed by atoms with Crippen LogP contribution >= 0.6 is 0 Å². The molecule has 8 heavy (non-hydrogen) atoms. The Morgan fingerprint density at radius 1 is 1.12 bits per heavy atom. The molecular weight excluding hydrogens is 140 g/mol. The number of hydrogen-bond donors (Lipinski definition) is 2. The summed E-state index contributed by atoms with van der Waals surface area (Å²) in [6.45, 7) is 0. The van der Waals surface area contributed by atoms with Crippen molar-refractivity contribution in [3.8, 4) is 0 Å². The van der Waals surface area contributed by atoms with Crippen molar-refractivity contribution < 1.29 is 19.8 Å². The quantitative estimate of drug-likeness (QED) is 0.391. The monoisotopic (exact) mass is 144 g/mol. The van der Waals surface area contributed by atoms with Crippen molar-refractivity contribution in [2.45, 2.75) is 6.42 Å². The first-order chi connectivity index (χ1) is 3.13. The molecule has 0 aliphatic carbocycles. The standard InChI is InChI=1S/C3H4O4.Ca/c4-2(5)1-3(6)7;/h1H2,(H,4,5)(H,6,7);. The van der Waals surface area contributed by atoms with Gasteiger partial charge in [-0.3, -0.25) is 9.59 Å². The van der Waals surface area contributed by atoms with E-state index in [4.69, 9.17) is 10.2 Å². The van der Waals surface area contributed by atoms with Crippen LogP contribution in [-0.2, 0) is 9.59 Å². The van der Waals surface area contributed by atoms with E-state index in [9.17, 15) is 9.59 Å². The van der Waals surface area contributed by atoms with E-state index in [0.717, 1.165) is 0 Å². The molecule has 0 spiro atoms. The van der Waals surface area contributed by atoms with Gasteiger partial charge in [-0.25, -0.2) is 0 Å². The van der Waals surface area contributed by atoms with Crippen molar-refractivity contribution in [2.24, 2.45) is 0 Å². The molecule has 0 saturated carbocycles. The average Bonchev–Trinajstić information content (AvgIpc) is 1.27. The summed E-state index contributed by atoms with van der Waals surface area (Å²) in [5.41, 5.74) is 0. The molecule has 42 valence electrons. The molecule has 2 radical (unpaired) electrons. The summed E-state index contributed by atoms with van der Waals surface area (Å²) >= 11 is 0. The molecule has 5 heteroatoms. The van der Waals surface area contributed by atoms with Crippen LogP contribution in [0.1, 0.15) is 6.42 Å². The number of hydrogen-bond acceptors (Lipinski definition) is 2. The molecule has 0 unspecified atom stereocenters. The molecule has 2 N–H and O–H groups in total. The van der Waals surface area contributed by atoms with Crippen LogP contribution in [0.15, 0.2) is 0 Å². The third kappa shape index (κ3) is 9.50. The molecule has 0 rings (SSSR count). The van der Waals surface area contributed by atoms with Gasteiger partial charge in [-0.15, -0.1) is 0 Å². The van der Waals surface area contributed by atoms with Gasteiger partial charge in [0, 0.05) is 37.7 Å². The molecule has 0 aliphatic rings. The average molecular weight is 144 g/mol. The zero-order chi connectivity index (χ0) is 5.86. The Kier molecular flexibility index (Phi) is 7.38. The van der Waals surface area contributed by atoms with Crippen LogP contribution in [0.5, 0.6) is 0 Å². The van der Waals surface area contributed by atoms with Crippen LogP contribution in [0.3, 0.4) is 0 Å². The van der Waals surface area contributed by atoms with E-state index in [2.05, 4.69) is 0 Å². The van der Waals surface area contributed by atoms with Crippen molar-refractivity contribution in [1.29, 1.82) is 0 Å². The Morgan fingerprint density at radius 3 is 1.38 bits per heavy atom. The van der Waals surface area contributed by atoms with Crippen molar-refractivity contribution in [2.75, 3.05) is 0 Å². The topological polar surface area (TPSA) is 74.6 Å². The third-order valence-corrected chi connectivity index (χ3v) is 0.302. The maximum atomic E-state index is 9.43. The Labute approximate surface area is 75.5 Å². The predicted octanol–water partition coefficient (Wildman–Crippen LogP) is -0.835. The summed E-state index contributed by atoms with van der Waals surface area (Å²) in [5, 5.41) is 15.4. The molecule has 0 fully saturated rings. The van der Waals surface area contributed by atoms with Gasteiger partial charge in [0.25, 0.3) is 0 Å². The van der Waals surface area contributed by atoms with E-state index in [1.165, 1.54) is 0 Å². The van der Waals surface area contributed by atoms with E-state index < -0.39 is 18.4 Å². The summed E-state index contributed by atoms with van der Waals surface area (Å²) in [6.07, 6.45) is -0.806. The van der Waals surface area contributed by atoms with Gasteiger partial charge in [0.2, 0.25) is 0 Å². The Balaban J connectivity index is 0. The Morgan fingerprint density at radius 2 is 1.38 bits per heavy atom. The van der Waals surface area contributed by atoms with Crippen LogP contribution in [0, 0.1) is 0 Å². The van der Waals surface area contributed by atoms with E-state index in [0.29, 0.717) is 0 Å². The molecule has 0 bridgehead atoms. The first-order valence-corrected chi connectivity index (χ1v) is 1.56. The largest absolute Gasteiger partial charge is 0.481 e. The smallest absolute Gasteiger partial charge is 0.314 e. The first-order valence-electron chi connectivity index (χ1n) is 1.56. The summed E-state index contributed by atoms with van der Waals surface area (Å²) < 4.78 is 0. The normalized spacial score (nSPS) is 7.00. The molecular formula is C3H4CaO4. The molecule has 0 heterocycles. The first kappa shape index (κ1) is 11.1. The fourth-order valence-electron chi connectivity index (χ4n) is 0.129. The van der Waals surface area contributed by atoms with Crippen LogP contribution in [-0.4, -0.2) is 59.9 Å². The van der Waals surface area contributed by atoms with Crippen molar-refractivity contribution >= 4 is 49.7 Å². The van der Waals surface area contributed by atoms with Crippen LogP contribution in [0.4, 0.5) is 0 Å². The Hall–Kier alpha value is 0.200. The number of rotatable bonds is 2. The second kappa shape index (κ2) is 5.34. The molecule has 0 aromatic carbocycles. The van der Waals surface area contributed by atoms with Gasteiger partial charge in [0.05, 0.1) is 0 Å². The second-order valence-electron chi connectivity index (χ2n) is 0.964. The SMILES string of the molecule is O=C(O)CC(=O)O.[Ca]. The third-order valence-electron chi connectivity index (χ3n) is 0.302. The minimum Gasteiger partial charge on any atom is -0.481 e. The van der Waals surface area contributed by atoms with Gasteiger partial charge in [0.1, 0.15) is 6.42 Å². The van der Waals surface area contributed by atoms with Gasteiger partial charge < -0.3 is 10.2 Å². The van der Waals surface area contributed by atoms with Crippen molar-refractivity contribution in [3.63, 3.8) is 0 Å². The molecule has 0 atom stereocenters. The number of carboxylic acid groups (broad SMARTS) is 2. The second-order valence-corrected chi connectivity index (χ2v) is 0.964. The van der Waals surface area contributed by atoms with E-state index in [-0.39, 0.29) is 37.7 Å². The maximum absolute atomic E-state index is 9.43. The van der Waals surface area contributed by atoms with Gasteiger partial charge >= 0.3 is 11.9 Å². The molecule has 0 aliphatic heterocycles. The number of carboxylic acids is 2. The van der Waals surface area contributed by atoms with Gasteiger partial charge in [-0.05, 0) is 0 Å². The van der Waals surface area contributed by atoms with Gasteiger partial charge in [-0.1, -0.05) is 0 Å². The van der Waals surface area contributed by atoms with Crippen LogP contribution in [0.2, 0.25) is 0 Å². The fourth-order valence-corrected chi connectivity index (χ4v) is 0.129. The zero-order valence-electron chi connectivity index (χ0n) is 4.13. The predicted molar refractivity (Wildman–Crippen MR) is 25.6 cm³/mol. The van der Waals surface area contributed by atoms with E-state index in [1.807, 2.05) is 0 Å². The van der Waals surface area contributed by atoms with Crippen LogP contribution in [0.25, 0.3) is 0 Å². The summed E-state index contributed by atoms with van der Waals surface area (Å²) in [6, 6.07) is 0. The molecule has 0 aromatic rings. The Bertz CT molecular complexity index is 87.5. The summed E-state index contributed by atoms with van der Waals surface area (Å²) in [7, 11) is 0. The molecule has 0 saturated heterocycles. The number of aliphatic carboxylic acids is 2. The molecule has 0 amide bonds. The minimum absolute atomic E-state index is 0.